The highest BCUT2D eigenvalue weighted by atomic mass is 16.5. The van der Waals surface area contributed by atoms with E-state index in [2.05, 4.69) is 56.0 Å². The monoisotopic (exact) mass is 557 g/mol. The van der Waals surface area contributed by atoms with Crippen molar-refractivity contribution in [3.05, 3.63) is 100 Å². The lowest BCUT2D eigenvalue weighted by atomic mass is 9.85. The number of unbranched alkanes of at least 4 members (excludes halogenated alkanes) is 1. The Labute approximate surface area is 244 Å². The zero-order chi connectivity index (χ0) is 29.4. The van der Waals surface area contributed by atoms with Gasteiger partial charge in [0.05, 0.1) is 5.56 Å². The second kappa shape index (κ2) is 13.8. The van der Waals surface area contributed by atoms with Gasteiger partial charge < -0.3 is 14.9 Å². The molecule has 0 aromatic heterocycles. The number of hydrogen-bond donors (Lipinski definition) is 2. The van der Waals surface area contributed by atoms with Gasteiger partial charge in [-0.3, -0.25) is 9.69 Å². The van der Waals surface area contributed by atoms with Gasteiger partial charge in [-0.15, -0.1) is 0 Å². The van der Waals surface area contributed by atoms with Gasteiger partial charge >= 0.3 is 11.9 Å². The van der Waals surface area contributed by atoms with E-state index in [9.17, 15) is 14.7 Å². The molecule has 0 bridgehead atoms. The number of hydrogen-bond acceptors (Lipinski definition) is 4. The van der Waals surface area contributed by atoms with E-state index in [-0.39, 0.29) is 17.9 Å². The molecule has 1 unspecified atom stereocenters. The summed E-state index contributed by atoms with van der Waals surface area (Å²) in [6.07, 6.45) is 5.29. The summed E-state index contributed by atoms with van der Waals surface area (Å²) in [5, 5.41) is 18.6. The first-order chi connectivity index (χ1) is 19.6. The van der Waals surface area contributed by atoms with Gasteiger partial charge in [0, 0.05) is 19.0 Å². The highest BCUT2D eigenvalue weighted by molar-refractivity contribution is 5.88. The first kappa shape index (κ1) is 30.3. The van der Waals surface area contributed by atoms with Gasteiger partial charge in [-0.25, -0.2) is 4.79 Å². The molecule has 0 spiro atoms. The van der Waals surface area contributed by atoms with Crippen molar-refractivity contribution in [3.8, 4) is 5.75 Å². The summed E-state index contributed by atoms with van der Waals surface area (Å²) in [4.78, 5) is 25.1. The van der Waals surface area contributed by atoms with Gasteiger partial charge in [0.15, 0.2) is 0 Å². The third-order valence-corrected chi connectivity index (χ3v) is 8.03. The zero-order valence-electron chi connectivity index (χ0n) is 24.6. The molecule has 0 aliphatic heterocycles. The maximum atomic E-state index is 11.6. The van der Waals surface area contributed by atoms with Gasteiger partial charge in [0.2, 0.25) is 0 Å². The van der Waals surface area contributed by atoms with Crippen LogP contribution in [-0.2, 0) is 29.7 Å². The molecule has 218 valence electrons. The fourth-order valence-corrected chi connectivity index (χ4v) is 5.72. The predicted molar refractivity (Wildman–Crippen MR) is 162 cm³/mol. The molecule has 41 heavy (non-hydrogen) atoms. The Morgan fingerprint density at radius 3 is 2.51 bits per heavy atom. The van der Waals surface area contributed by atoms with E-state index >= 15 is 0 Å². The highest BCUT2D eigenvalue weighted by Crippen LogP contribution is 2.36. The standard InChI is InChI=1S/C35H43NO5/c1-35(2,3)29-13-8-10-25(22-29)24-41-32-15-5-4-11-26(32)19-21-36(20-7-6-16-33(37)38)31-14-9-12-27-23-28(34(39)40)17-18-30(27)31/h4-5,8,10-11,13,15,17-18,22-23,31H,6-7,9,12,14,16,19-21,24H2,1-3H3,(H,37,38)(H,39,40). The number of fused-ring (bicyclic) bond motifs is 1. The average Bonchev–Trinajstić information content (AvgIpc) is 2.95. The molecular weight excluding hydrogens is 514 g/mol. The molecule has 1 atom stereocenters. The highest BCUT2D eigenvalue weighted by Gasteiger charge is 2.27. The summed E-state index contributed by atoms with van der Waals surface area (Å²) in [7, 11) is 0. The Morgan fingerprint density at radius 1 is 0.951 bits per heavy atom. The van der Waals surface area contributed by atoms with Crippen LogP contribution in [0, 0.1) is 0 Å². The summed E-state index contributed by atoms with van der Waals surface area (Å²) in [5.74, 6) is -0.781. The van der Waals surface area contributed by atoms with Gasteiger partial charge in [0.1, 0.15) is 12.4 Å². The van der Waals surface area contributed by atoms with E-state index in [1.807, 2.05) is 30.3 Å². The topological polar surface area (TPSA) is 87.1 Å². The van der Waals surface area contributed by atoms with E-state index in [0.29, 0.717) is 18.6 Å². The smallest absolute Gasteiger partial charge is 0.335 e. The second-order valence-corrected chi connectivity index (χ2v) is 12.1. The van der Waals surface area contributed by atoms with Crippen LogP contribution in [-0.4, -0.2) is 40.1 Å². The van der Waals surface area contributed by atoms with Gasteiger partial charge in [0.25, 0.3) is 0 Å². The molecule has 4 rings (SSSR count). The Morgan fingerprint density at radius 2 is 1.76 bits per heavy atom. The Kier molecular flexibility index (Phi) is 10.2. The van der Waals surface area contributed by atoms with E-state index < -0.39 is 11.9 Å². The lowest BCUT2D eigenvalue weighted by molar-refractivity contribution is -0.137. The third-order valence-electron chi connectivity index (χ3n) is 8.03. The molecular formula is C35H43NO5. The van der Waals surface area contributed by atoms with Gasteiger partial charge in [-0.1, -0.05) is 69.3 Å². The largest absolute Gasteiger partial charge is 0.489 e. The third kappa shape index (κ3) is 8.43. The summed E-state index contributed by atoms with van der Waals surface area (Å²) >= 11 is 0. The van der Waals surface area contributed by atoms with Crippen LogP contribution in [0.1, 0.15) is 97.1 Å². The Hall–Kier alpha value is -3.64. The quantitative estimate of drug-likeness (QED) is 0.212. The fraction of sp³-hybridized carbons (Fsp3) is 0.429. The zero-order valence-corrected chi connectivity index (χ0v) is 24.6. The summed E-state index contributed by atoms with van der Waals surface area (Å²) in [5.41, 5.74) is 6.29. The van der Waals surface area contributed by atoms with Crippen LogP contribution in [0.5, 0.6) is 5.75 Å². The number of aliphatic carboxylic acids is 1. The predicted octanol–water partition coefficient (Wildman–Crippen LogP) is 7.44. The number of carboxylic acid groups (broad SMARTS) is 2. The summed E-state index contributed by atoms with van der Waals surface area (Å²) in [6.45, 7) is 8.74. The number of ether oxygens (including phenoxy) is 1. The number of carbonyl (C=O) groups is 2. The summed E-state index contributed by atoms with van der Waals surface area (Å²) < 4.78 is 6.35. The van der Waals surface area contributed by atoms with Crippen molar-refractivity contribution in [3.63, 3.8) is 0 Å². The molecule has 3 aromatic carbocycles. The molecule has 1 aliphatic rings. The number of rotatable bonds is 13. The van der Waals surface area contributed by atoms with Crippen molar-refractivity contribution in [2.45, 2.75) is 83.8 Å². The Balaban J connectivity index is 1.49. The van der Waals surface area contributed by atoms with Gasteiger partial charge in [-0.05, 0) is 96.5 Å². The van der Waals surface area contributed by atoms with E-state index in [4.69, 9.17) is 9.84 Å². The van der Waals surface area contributed by atoms with E-state index in [1.165, 1.54) is 11.1 Å². The van der Waals surface area contributed by atoms with Crippen LogP contribution in [0.4, 0.5) is 0 Å². The number of carboxylic acids is 2. The van der Waals surface area contributed by atoms with Crippen LogP contribution in [0.15, 0.2) is 66.7 Å². The molecule has 1 aliphatic carbocycles. The molecule has 0 saturated carbocycles. The molecule has 2 N–H and O–H groups in total. The average molecular weight is 558 g/mol. The minimum atomic E-state index is -0.901. The molecule has 0 radical (unpaired) electrons. The van der Waals surface area contributed by atoms with Crippen LogP contribution < -0.4 is 4.74 Å². The summed E-state index contributed by atoms with van der Waals surface area (Å²) in [6, 6.07) is 22.5. The molecule has 6 heteroatoms. The fourth-order valence-electron chi connectivity index (χ4n) is 5.72. The van der Waals surface area contributed by atoms with Crippen molar-refractivity contribution >= 4 is 11.9 Å². The normalized spacial score (nSPS) is 15.0. The van der Waals surface area contributed by atoms with Crippen molar-refractivity contribution < 1.29 is 24.5 Å². The number of nitrogens with zero attached hydrogens (tertiary/aromatic N) is 1. The van der Waals surface area contributed by atoms with Crippen LogP contribution in [0.3, 0.4) is 0 Å². The van der Waals surface area contributed by atoms with Crippen LogP contribution >= 0.6 is 0 Å². The molecule has 3 aromatic rings. The molecule has 0 amide bonds. The van der Waals surface area contributed by atoms with Gasteiger partial charge in [-0.2, -0.15) is 0 Å². The van der Waals surface area contributed by atoms with Crippen molar-refractivity contribution in [1.29, 1.82) is 0 Å². The number of para-hydroxylation sites is 1. The van der Waals surface area contributed by atoms with E-state index in [1.54, 1.807) is 6.07 Å². The minimum absolute atomic E-state index is 0.0781. The first-order valence-electron chi connectivity index (χ1n) is 14.7. The second-order valence-electron chi connectivity index (χ2n) is 12.1. The first-order valence-corrected chi connectivity index (χ1v) is 14.7. The Bertz CT molecular complexity index is 1340. The SMILES string of the molecule is CC(C)(C)c1cccc(COc2ccccc2CCN(CCCCC(=O)O)C2CCCc3cc(C(=O)O)ccc32)c1. The molecule has 0 heterocycles. The van der Waals surface area contributed by atoms with Crippen molar-refractivity contribution in [2.75, 3.05) is 13.1 Å². The lowest BCUT2D eigenvalue weighted by Crippen LogP contribution is -2.34. The lowest BCUT2D eigenvalue weighted by Gasteiger charge is -2.36. The number of aromatic carboxylic acids is 1. The minimum Gasteiger partial charge on any atom is -0.489 e. The van der Waals surface area contributed by atoms with Crippen molar-refractivity contribution in [2.24, 2.45) is 0 Å². The maximum Gasteiger partial charge on any atom is 0.335 e. The van der Waals surface area contributed by atoms with Crippen molar-refractivity contribution in [1.82, 2.24) is 4.90 Å². The number of aryl methyl sites for hydroxylation is 1. The number of benzene rings is 3. The van der Waals surface area contributed by atoms with Crippen LogP contribution in [0.2, 0.25) is 0 Å². The van der Waals surface area contributed by atoms with Crippen LogP contribution in [0.25, 0.3) is 0 Å². The molecule has 6 nitrogen and oxygen atoms in total. The molecule has 0 saturated heterocycles. The molecule has 0 fully saturated rings. The van der Waals surface area contributed by atoms with E-state index in [0.717, 1.165) is 67.6 Å². The maximum absolute atomic E-state index is 11.6.